The molecular formula is C23H32O5. The normalized spacial score (nSPS) is 42.3. The molecule has 0 aliphatic heterocycles. The summed E-state index contributed by atoms with van der Waals surface area (Å²) in [5, 5.41) is 11.8. The van der Waals surface area contributed by atoms with Crippen molar-refractivity contribution in [3.8, 4) is 0 Å². The highest BCUT2D eigenvalue weighted by atomic mass is 16.5. The highest BCUT2D eigenvalue weighted by Gasteiger charge is 2.67. The van der Waals surface area contributed by atoms with Gasteiger partial charge in [0, 0.05) is 31.8 Å². The van der Waals surface area contributed by atoms with Gasteiger partial charge in [-0.15, -0.1) is 0 Å². The van der Waals surface area contributed by atoms with Gasteiger partial charge in [-0.3, -0.25) is 9.59 Å². The fraction of sp³-hybridized carbons (Fsp3) is 0.739. The lowest BCUT2D eigenvalue weighted by Crippen LogP contribution is -2.60. The number of rotatable bonds is 3. The van der Waals surface area contributed by atoms with E-state index < -0.39 is 11.0 Å². The Hall–Kier alpha value is -1.62. The number of aliphatic hydroxyl groups is 1. The maximum Gasteiger partial charge on any atom is 0.307 e. The van der Waals surface area contributed by atoms with Crippen molar-refractivity contribution >= 4 is 11.8 Å². The standard InChI is InChI=1S/C23H32O5/c1-5-27-15-6-9-21(3)16-7-10-22(4)20(25)8-11-23(22,26)17(16)13-19(18(21)12-15)28-14(2)24/h12,16-17,26H,5-11,13H2,1-4H3/t16-,17-,21-,22-,23-/m1/s1. The summed E-state index contributed by atoms with van der Waals surface area (Å²) in [6, 6.07) is 0. The highest BCUT2D eigenvalue weighted by Crippen LogP contribution is 2.66. The van der Waals surface area contributed by atoms with Crippen molar-refractivity contribution in [1.82, 2.24) is 0 Å². The fourth-order valence-corrected chi connectivity index (χ4v) is 6.68. The fourth-order valence-electron chi connectivity index (χ4n) is 6.68. The molecule has 0 radical (unpaired) electrons. The van der Waals surface area contributed by atoms with E-state index in [1.165, 1.54) is 6.92 Å². The van der Waals surface area contributed by atoms with Gasteiger partial charge < -0.3 is 14.6 Å². The van der Waals surface area contributed by atoms with Crippen molar-refractivity contribution in [3.63, 3.8) is 0 Å². The minimum Gasteiger partial charge on any atom is -0.498 e. The third-order valence-electron chi connectivity index (χ3n) is 8.29. The number of ether oxygens (including phenoxy) is 2. The Bertz CT molecular complexity index is 780. The molecule has 154 valence electrons. The molecule has 2 saturated carbocycles. The number of ketones is 1. The van der Waals surface area contributed by atoms with Crippen molar-refractivity contribution in [2.75, 3.05) is 6.61 Å². The molecule has 1 N–H and O–H groups in total. The van der Waals surface area contributed by atoms with Gasteiger partial charge in [-0.05, 0) is 62.9 Å². The van der Waals surface area contributed by atoms with Crippen LogP contribution in [0.3, 0.4) is 0 Å². The SMILES string of the molecule is CCOC1=CC2=C(OC(C)=O)C[C@@H]3[C@@H](CC[C@]4(C)C(=O)CC[C@@]34O)[C@@]2(C)CC1. The van der Waals surface area contributed by atoms with Crippen molar-refractivity contribution in [3.05, 3.63) is 23.2 Å². The lowest BCUT2D eigenvalue weighted by Gasteiger charge is -2.59. The molecule has 0 heterocycles. The van der Waals surface area contributed by atoms with Gasteiger partial charge in [-0.1, -0.05) is 6.92 Å². The average Bonchev–Trinajstić information content (AvgIpc) is 2.87. The Kier molecular flexibility index (Phi) is 4.53. The molecule has 2 fully saturated rings. The molecule has 5 atom stereocenters. The van der Waals surface area contributed by atoms with Gasteiger partial charge >= 0.3 is 5.97 Å². The zero-order chi connectivity index (χ0) is 20.3. The van der Waals surface area contributed by atoms with Crippen LogP contribution in [0.25, 0.3) is 0 Å². The monoisotopic (exact) mass is 388 g/mol. The van der Waals surface area contributed by atoms with E-state index in [0.717, 1.165) is 37.0 Å². The van der Waals surface area contributed by atoms with Gasteiger partial charge in [0.2, 0.25) is 0 Å². The van der Waals surface area contributed by atoms with Gasteiger partial charge in [0.15, 0.2) is 0 Å². The number of hydrogen-bond donors (Lipinski definition) is 1. The second kappa shape index (κ2) is 6.45. The number of carbonyl (C=O) groups is 2. The number of esters is 1. The topological polar surface area (TPSA) is 72.8 Å². The van der Waals surface area contributed by atoms with Crippen molar-refractivity contribution in [2.24, 2.45) is 22.7 Å². The molecule has 0 aromatic rings. The van der Waals surface area contributed by atoms with E-state index in [9.17, 15) is 14.7 Å². The predicted octanol–water partition coefficient (Wildman–Crippen LogP) is 4.05. The van der Waals surface area contributed by atoms with E-state index in [2.05, 4.69) is 13.0 Å². The Balaban J connectivity index is 1.82. The number of fused-ring (bicyclic) bond motifs is 5. The van der Waals surface area contributed by atoms with E-state index in [0.29, 0.717) is 31.6 Å². The van der Waals surface area contributed by atoms with Crippen molar-refractivity contribution < 1.29 is 24.2 Å². The van der Waals surface area contributed by atoms with Crippen LogP contribution in [0.1, 0.15) is 72.6 Å². The van der Waals surface area contributed by atoms with Crippen LogP contribution in [0.5, 0.6) is 0 Å². The van der Waals surface area contributed by atoms with Gasteiger partial charge in [0.25, 0.3) is 0 Å². The number of hydrogen-bond acceptors (Lipinski definition) is 5. The molecule has 4 aliphatic carbocycles. The maximum absolute atomic E-state index is 12.7. The lowest BCUT2D eigenvalue weighted by atomic mass is 9.47. The Labute approximate surface area is 167 Å². The summed E-state index contributed by atoms with van der Waals surface area (Å²) in [6.45, 7) is 8.20. The first-order valence-corrected chi connectivity index (χ1v) is 10.7. The van der Waals surface area contributed by atoms with Gasteiger partial charge in [0.05, 0.1) is 23.4 Å². The van der Waals surface area contributed by atoms with Gasteiger partial charge in [-0.2, -0.15) is 0 Å². The molecule has 4 aliphatic rings. The zero-order valence-electron chi connectivity index (χ0n) is 17.5. The van der Waals surface area contributed by atoms with Crippen LogP contribution < -0.4 is 0 Å². The first kappa shape index (κ1) is 19.7. The smallest absolute Gasteiger partial charge is 0.307 e. The van der Waals surface area contributed by atoms with E-state index in [1.54, 1.807) is 0 Å². The molecule has 0 saturated heterocycles. The van der Waals surface area contributed by atoms with E-state index >= 15 is 0 Å². The molecule has 28 heavy (non-hydrogen) atoms. The number of allylic oxidation sites excluding steroid dienone is 4. The minimum atomic E-state index is -1.02. The van der Waals surface area contributed by atoms with Crippen LogP contribution in [-0.2, 0) is 19.1 Å². The van der Waals surface area contributed by atoms with Crippen LogP contribution in [0.2, 0.25) is 0 Å². The molecule has 0 spiro atoms. The van der Waals surface area contributed by atoms with Crippen LogP contribution in [0.15, 0.2) is 23.2 Å². The van der Waals surface area contributed by atoms with Crippen LogP contribution >= 0.6 is 0 Å². The molecule has 0 bridgehead atoms. The number of carbonyl (C=O) groups excluding carboxylic acids is 2. The predicted molar refractivity (Wildman–Crippen MR) is 104 cm³/mol. The van der Waals surface area contributed by atoms with Gasteiger partial charge in [0.1, 0.15) is 11.5 Å². The summed E-state index contributed by atoms with van der Waals surface area (Å²) in [6.07, 6.45) is 6.93. The molecule has 0 unspecified atom stereocenters. The molecule has 0 aromatic heterocycles. The zero-order valence-corrected chi connectivity index (χ0v) is 17.5. The van der Waals surface area contributed by atoms with E-state index in [1.807, 2.05) is 13.8 Å². The van der Waals surface area contributed by atoms with Crippen LogP contribution in [-0.4, -0.2) is 29.1 Å². The van der Waals surface area contributed by atoms with Gasteiger partial charge in [-0.25, -0.2) is 0 Å². The molecule has 0 aromatic carbocycles. The van der Waals surface area contributed by atoms with E-state index in [4.69, 9.17) is 9.47 Å². The maximum atomic E-state index is 12.7. The van der Waals surface area contributed by atoms with Crippen LogP contribution in [0, 0.1) is 22.7 Å². The third kappa shape index (κ3) is 2.54. The molecule has 5 heteroatoms. The molecule has 0 amide bonds. The first-order chi connectivity index (χ1) is 13.2. The molecular weight excluding hydrogens is 356 g/mol. The molecule has 4 rings (SSSR count). The Morgan fingerprint density at radius 3 is 2.64 bits per heavy atom. The summed E-state index contributed by atoms with van der Waals surface area (Å²) in [4.78, 5) is 24.5. The van der Waals surface area contributed by atoms with Crippen molar-refractivity contribution in [2.45, 2.75) is 78.2 Å². The quantitative estimate of drug-likeness (QED) is 0.738. The lowest BCUT2D eigenvalue weighted by molar-refractivity contribution is -0.178. The van der Waals surface area contributed by atoms with Crippen LogP contribution in [0.4, 0.5) is 0 Å². The average molecular weight is 389 g/mol. The largest absolute Gasteiger partial charge is 0.498 e. The summed E-state index contributed by atoms with van der Waals surface area (Å²) in [5.41, 5.74) is -0.826. The molecule has 5 nitrogen and oxygen atoms in total. The van der Waals surface area contributed by atoms with E-state index in [-0.39, 0.29) is 29.0 Å². The Morgan fingerprint density at radius 2 is 1.96 bits per heavy atom. The minimum absolute atomic E-state index is 0.0668. The second-order valence-corrected chi connectivity index (χ2v) is 9.53. The summed E-state index contributed by atoms with van der Waals surface area (Å²) in [7, 11) is 0. The third-order valence-corrected chi connectivity index (χ3v) is 8.29. The highest BCUT2D eigenvalue weighted by molar-refractivity contribution is 5.88. The second-order valence-electron chi connectivity index (χ2n) is 9.53. The summed E-state index contributed by atoms with van der Waals surface area (Å²) >= 11 is 0. The Morgan fingerprint density at radius 1 is 1.21 bits per heavy atom. The summed E-state index contributed by atoms with van der Waals surface area (Å²) in [5.74, 6) is 1.64. The first-order valence-electron chi connectivity index (χ1n) is 10.7. The summed E-state index contributed by atoms with van der Waals surface area (Å²) < 4.78 is 11.5. The van der Waals surface area contributed by atoms with Crippen molar-refractivity contribution in [1.29, 1.82) is 0 Å². The number of Topliss-reactive ketones (excluding diaryl/α,β-unsaturated/α-hetero) is 1.